The molecule has 0 heterocycles. The van der Waals surface area contributed by atoms with Crippen LogP contribution in [0.2, 0.25) is 0 Å². The van der Waals surface area contributed by atoms with E-state index >= 15 is 0 Å². The lowest BCUT2D eigenvalue weighted by atomic mass is 10.0. The molecule has 4 nitrogen and oxygen atoms in total. The average Bonchev–Trinajstić information content (AvgIpc) is 2.45. The van der Waals surface area contributed by atoms with Crippen molar-refractivity contribution in [3.8, 4) is 0 Å². The molecule has 0 amide bonds. The number of carbonyl (C=O) groups is 2. The predicted molar refractivity (Wildman–Crippen MR) is 87.3 cm³/mol. The van der Waals surface area contributed by atoms with Crippen LogP contribution < -0.4 is 11.1 Å². The van der Waals surface area contributed by atoms with Crippen molar-refractivity contribution in [1.82, 2.24) is 5.32 Å². The molecule has 0 bridgehead atoms. The molecule has 1 aliphatic rings. The minimum atomic E-state index is -0.412. The molecule has 0 aliphatic heterocycles. The van der Waals surface area contributed by atoms with Crippen LogP contribution in [0.5, 0.6) is 0 Å². The Labute approximate surface area is 128 Å². The highest BCUT2D eigenvalue weighted by Crippen LogP contribution is 2.15. The summed E-state index contributed by atoms with van der Waals surface area (Å²) in [5, 5.41) is 2.86. The van der Waals surface area contributed by atoms with Crippen molar-refractivity contribution in [2.75, 3.05) is 14.1 Å². The number of rotatable bonds is 5. The maximum atomic E-state index is 11.5. The monoisotopic (exact) mass is 292 g/mol. The fraction of sp³-hybridized carbons (Fsp3) is 0.529. The van der Waals surface area contributed by atoms with E-state index in [4.69, 9.17) is 0 Å². The van der Waals surface area contributed by atoms with Gasteiger partial charge in [-0.05, 0) is 26.1 Å². The number of hydrogen-bond donors (Lipinski definition) is 2. The van der Waals surface area contributed by atoms with Gasteiger partial charge in [0.2, 0.25) is 5.78 Å². The second-order valence-electron chi connectivity index (χ2n) is 4.87. The van der Waals surface area contributed by atoms with E-state index in [0.717, 1.165) is 5.56 Å². The maximum absolute atomic E-state index is 11.5. The Morgan fingerprint density at radius 2 is 1.57 bits per heavy atom. The Balaban J connectivity index is 0.000000558. The first-order valence-corrected chi connectivity index (χ1v) is 7.49. The van der Waals surface area contributed by atoms with Crippen LogP contribution >= 0.6 is 0 Å². The first kappa shape index (κ1) is 19.5. The summed E-state index contributed by atoms with van der Waals surface area (Å²) in [7, 11) is 3.19. The molecule has 118 valence electrons. The molecule has 1 fully saturated rings. The van der Waals surface area contributed by atoms with Gasteiger partial charge in [-0.3, -0.25) is 9.59 Å². The van der Waals surface area contributed by atoms with Gasteiger partial charge in [0.05, 0.1) is 6.04 Å². The topological polar surface area (TPSA) is 72.2 Å². The molecule has 1 saturated carbocycles. The van der Waals surface area contributed by atoms with Gasteiger partial charge in [0.25, 0.3) is 0 Å². The van der Waals surface area contributed by atoms with Crippen LogP contribution in [0.25, 0.3) is 0 Å². The highest BCUT2D eigenvalue weighted by molar-refractivity contribution is 6.38. The number of nitrogens with two attached hydrogens (primary N) is 1. The van der Waals surface area contributed by atoms with Crippen molar-refractivity contribution in [3.63, 3.8) is 0 Å². The molecule has 1 atom stereocenters. The lowest BCUT2D eigenvalue weighted by Crippen LogP contribution is -2.39. The Bertz CT molecular complexity index is 397. The van der Waals surface area contributed by atoms with Gasteiger partial charge in [-0.2, -0.15) is 0 Å². The van der Waals surface area contributed by atoms with E-state index in [1.54, 1.807) is 7.05 Å². The summed E-state index contributed by atoms with van der Waals surface area (Å²) < 4.78 is 0. The molecule has 1 aliphatic carbocycles. The Morgan fingerprint density at radius 1 is 1.10 bits per heavy atom. The molecule has 1 unspecified atom stereocenters. The van der Waals surface area contributed by atoms with Gasteiger partial charge in [0.15, 0.2) is 5.78 Å². The van der Waals surface area contributed by atoms with Crippen LogP contribution in [0.15, 0.2) is 30.3 Å². The Hall–Kier alpha value is -1.52. The van der Waals surface area contributed by atoms with Gasteiger partial charge in [-0.1, -0.05) is 56.0 Å². The third kappa shape index (κ3) is 8.38. The molecule has 4 heteroatoms. The van der Waals surface area contributed by atoms with Crippen molar-refractivity contribution in [2.24, 2.45) is 5.73 Å². The zero-order valence-electron chi connectivity index (χ0n) is 13.4. The van der Waals surface area contributed by atoms with E-state index in [0.29, 0.717) is 6.42 Å². The number of likely N-dealkylation sites (N-methyl/N-ethyl adjacent to an activating group) is 1. The van der Waals surface area contributed by atoms with E-state index in [9.17, 15) is 9.59 Å². The third-order valence-electron chi connectivity index (χ3n) is 3.29. The van der Waals surface area contributed by atoms with Gasteiger partial charge in [0, 0.05) is 6.92 Å². The molecule has 3 N–H and O–H groups in total. The normalized spacial score (nSPS) is 13.5. The van der Waals surface area contributed by atoms with Crippen molar-refractivity contribution in [2.45, 2.75) is 45.1 Å². The fourth-order valence-corrected chi connectivity index (χ4v) is 1.67. The van der Waals surface area contributed by atoms with Crippen molar-refractivity contribution in [3.05, 3.63) is 35.9 Å². The summed E-state index contributed by atoms with van der Waals surface area (Å²) in [4.78, 5) is 22.4. The summed E-state index contributed by atoms with van der Waals surface area (Å²) in [6.45, 7) is 1.30. The van der Waals surface area contributed by atoms with Crippen molar-refractivity contribution < 1.29 is 9.59 Å². The molecule has 21 heavy (non-hydrogen) atoms. The zero-order valence-corrected chi connectivity index (χ0v) is 13.4. The molecule has 0 radical (unpaired) electrons. The molecule has 1 aromatic carbocycles. The number of carbonyl (C=O) groups excluding carboxylic acids is 2. The first-order valence-electron chi connectivity index (χ1n) is 7.49. The predicted octanol–water partition coefficient (Wildman–Crippen LogP) is 2.11. The zero-order chi connectivity index (χ0) is 16.1. The van der Waals surface area contributed by atoms with E-state index in [-0.39, 0.29) is 5.78 Å². The van der Waals surface area contributed by atoms with Gasteiger partial charge < -0.3 is 11.1 Å². The lowest BCUT2D eigenvalue weighted by molar-refractivity contribution is -0.136. The minimum Gasteiger partial charge on any atom is -0.333 e. The standard InChI is InChI=1S/C12H15NO2.C4H8.CH5N/c1-9(14)12(15)11(13-2)8-10-6-4-3-5-7-10;1-2-4-3-1;1-2/h3-7,11,13H,8H2,1-2H3;1-4H2;2H2,1H3. The van der Waals surface area contributed by atoms with Crippen LogP contribution in [0.4, 0.5) is 0 Å². The second-order valence-corrected chi connectivity index (χ2v) is 4.87. The highest BCUT2D eigenvalue weighted by atomic mass is 16.2. The Kier molecular flexibility index (Phi) is 11.4. The molecule has 0 saturated heterocycles. The molecule has 1 aromatic rings. The number of Topliss-reactive ketones (excluding diaryl/α,β-unsaturated/α-hetero) is 2. The lowest BCUT2D eigenvalue weighted by Gasteiger charge is -2.12. The van der Waals surface area contributed by atoms with Crippen molar-refractivity contribution >= 4 is 11.6 Å². The summed E-state index contributed by atoms with van der Waals surface area (Å²) in [6.07, 6.45) is 6.55. The SMILES string of the molecule is C1CCC1.CN.CNC(Cc1ccccc1)C(=O)C(C)=O. The van der Waals surface area contributed by atoms with Crippen LogP contribution in [0, 0.1) is 0 Å². The van der Waals surface area contributed by atoms with E-state index < -0.39 is 11.8 Å². The van der Waals surface area contributed by atoms with E-state index in [2.05, 4.69) is 11.1 Å². The summed E-state index contributed by atoms with van der Waals surface area (Å²) in [5.74, 6) is -0.758. The third-order valence-corrected chi connectivity index (χ3v) is 3.29. The van der Waals surface area contributed by atoms with Crippen LogP contribution in [-0.2, 0) is 16.0 Å². The van der Waals surface area contributed by atoms with Crippen molar-refractivity contribution in [1.29, 1.82) is 0 Å². The summed E-state index contributed by atoms with van der Waals surface area (Å²) >= 11 is 0. The maximum Gasteiger partial charge on any atom is 0.215 e. The summed E-state index contributed by atoms with van der Waals surface area (Å²) in [6, 6.07) is 9.23. The quantitative estimate of drug-likeness (QED) is 0.815. The average molecular weight is 292 g/mol. The first-order chi connectivity index (χ1) is 10.1. The Morgan fingerprint density at radius 3 is 1.90 bits per heavy atom. The minimum absolute atomic E-state index is 0.360. The van der Waals surface area contributed by atoms with E-state index in [1.807, 2.05) is 30.3 Å². The second kappa shape index (κ2) is 12.2. The van der Waals surface area contributed by atoms with Gasteiger partial charge >= 0.3 is 0 Å². The summed E-state index contributed by atoms with van der Waals surface area (Å²) in [5.41, 5.74) is 5.55. The van der Waals surface area contributed by atoms with Gasteiger partial charge in [0.1, 0.15) is 0 Å². The van der Waals surface area contributed by atoms with Crippen LogP contribution in [0.3, 0.4) is 0 Å². The van der Waals surface area contributed by atoms with E-state index in [1.165, 1.54) is 39.7 Å². The molecule has 2 rings (SSSR count). The highest BCUT2D eigenvalue weighted by Gasteiger charge is 2.20. The largest absolute Gasteiger partial charge is 0.333 e. The number of ketones is 2. The molecular formula is C17H28N2O2. The number of hydrogen-bond acceptors (Lipinski definition) is 4. The molecular weight excluding hydrogens is 264 g/mol. The molecule has 0 spiro atoms. The smallest absolute Gasteiger partial charge is 0.215 e. The van der Waals surface area contributed by atoms with Crippen LogP contribution in [-0.4, -0.2) is 31.7 Å². The number of nitrogens with one attached hydrogen (secondary N) is 1. The number of benzene rings is 1. The molecule has 0 aromatic heterocycles. The fourth-order valence-electron chi connectivity index (χ4n) is 1.67. The van der Waals surface area contributed by atoms with Crippen LogP contribution in [0.1, 0.15) is 38.2 Å². The van der Waals surface area contributed by atoms with Gasteiger partial charge in [-0.25, -0.2) is 0 Å². The van der Waals surface area contributed by atoms with Gasteiger partial charge in [-0.15, -0.1) is 0 Å².